The van der Waals surface area contributed by atoms with Gasteiger partial charge in [0, 0.05) is 9.52 Å². The summed E-state index contributed by atoms with van der Waals surface area (Å²) in [6.07, 6.45) is 0. The zero-order valence-corrected chi connectivity index (χ0v) is 8.96. The normalized spacial score (nSPS) is 9.62. The molecule has 0 unspecified atom stereocenters. The molecule has 0 saturated carbocycles. The molecule has 8 heavy (non-hydrogen) atoms. The summed E-state index contributed by atoms with van der Waals surface area (Å²) in [4.78, 5) is 0. The van der Waals surface area contributed by atoms with Crippen LogP contribution < -0.4 is 0 Å². The molecule has 0 amide bonds. The molecule has 0 heterocycles. The largest absolute Gasteiger partial charge is 0.128 e. The molecule has 0 aliphatic heterocycles. The van der Waals surface area contributed by atoms with Crippen LogP contribution in [0.1, 0.15) is 20.8 Å². The first kappa shape index (κ1) is 11.5. The first-order valence-corrected chi connectivity index (χ1v) is 5.83. The van der Waals surface area contributed by atoms with Crippen molar-refractivity contribution in [3.8, 4) is 0 Å². The molecule has 0 rings (SSSR count). The van der Waals surface area contributed by atoms with Gasteiger partial charge in [-0.25, -0.2) is 0 Å². The zero-order valence-electron chi connectivity index (χ0n) is 6.65. The van der Waals surface area contributed by atoms with Crippen LogP contribution in [0.15, 0.2) is 0 Å². The number of hydrogen-bond acceptors (Lipinski definition) is 0. The van der Waals surface area contributed by atoms with E-state index in [2.05, 4.69) is 50.2 Å². The van der Waals surface area contributed by atoms with Crippen LogP contribution >= 0.6 is 0 Å². The second-order valence-electron chi connectivity index (χ2n) is 2.94. The Labute approximate surface area is 64.3 Å². The monoisotopic (exact) mass is 143 g/mol. The number of hydrogen-bond donors (Lipinski definition) is 0. The molecule has 0 aliphatic rings. The Bertz CT molecular complexity index is 32.3. The van der Waals surface area contributed by atoms with Gasteiger partial charge >= 0.3 is 0 Å². The van der Waals surface area contributed by atoms with Gasteiger partial charge in [0.1, 0.15) is 16.3 Å². The lowest BCUT2D eigenvalue weighted by molar-refractivity contribution is 0.767. The number of rotatable bonds is 0. The highest BCUT2D eigenvalue weighted by Gasteiger charge is 1.94. The molecule has 0 spiro atoms. The minimum Gasteiger partial charge on any atom is -0.105 e. The van der Waals surface area contributed by atoms with E-state index in [1.165, 1.54) is 0 Å². The molecule has 0 bridgehead atoms. The Morgan fingerprint density at radius 3 is 1.12 bits per heavy atom. The molecule has 0 saturated heterocycles. The van der Waals surface area contributed by atoms with E-state index in [1.54, 1.807) is 0 Å². The van der Waals surface area contributed by atoms with Crippen LogP contribution in [0.5, 0.6) is 0 Å². The maximum absolute atomic E-state index is 2.72. The van der Waals surface area contributed by atoms with Gasteiger partial charge < -0.3 is 0 Å². The fourth-order valence-corrected chi connectivity index (χ4v) is 0. The van der Waals surface area contributed by atoms with Crippen LogP contribution in [0.3, 0.4) is 0 Å². The van der Waals surface area contributed by atoms with Crippen molar-refractivity contribution < 1.29 is 0 Å². The Hall–Kier alpha value is 0.749. The second-order valence-corrected chi connectivity index (χ2v) is 5.83. The quantitative estimate of drug-likeness (QED) is 0.454. The molecule has 0 N–H and O–H groups in total. The Morgan fingerprint density at radius 1 is 1.12 bits per heavy atom. The van der Waals surface area contributed by atoms with E-state index in [1.807, 2.05) is 0 Å². The lowest BCUT2D eigenvalue weighted by Gasteiger charge is -2.06. The maximum atomic E-state index is 2.72. The van der Waals surface area contributed by atoms with Crippen molar-refractivity contribution >= 4 is 25.8 Å². The SMILES string of the molecule is C[C](C)(C)[Al].C[SiH]C. The molecule has 47 valence electrons. The van der Waals surface area contributed by atoms with Gasteiger partial charge in [-0.3, -0.25) is 0 Å². The average molecular weight is 143 g/mol. The van der Waals surface area contributed by atoms with E-state index < -0.39 is 0 Å². The third-order valence-electron chi connectivity index (χ3n) is 0. The van der Waals surface area contributed by atoms with Crippen LogP contribution in [0, 0.1) is 0 Å². The minimum absolute atomic E-state index is 0.417. The highest BCUT2D eigenvalue weighted by molar-refractivity contribution is 6.31. The molecule has 0 aliphatic carbocycles. The molecular formula is C6H16AlSi. The molecule has 0 atom stereocenters. The van der Waals surface area contributed by atoms with E-state index in [4.69, 9.17) is 0 Å². The summed E-state index contributed by atoms with van der Waals surface area (Å²) in [5.74, 6) is 0. The van der Waals surface area contributed by atoms with Gasteiger partial charge in [0.15, 0.2) is 0 Å². The predicted molar refractivity (Wildman–Crippen MR) is 44.3 cm³/mol. The summed E-state index contributed by atoms with van der Waals surface area (Å²) in [5, 5.41) is 0. The van der Waals surface area contributed by atoms with Gasteiger partial charge in [-0.2, -0.15) is 0 Å². The van der Waals surface area contributed by atoms with E-state index in [9.17, 15) is 0 Å². The van der Waals surface area contributed by atoms with E-state index in [-0.39, 0.29) is 0 Å². The van der Waals surface area contributed by atoms with Crippen molar-refractivity contribution in [2.75, 3.05) is 0 Å². The predicted octanol–water partition coefficient (Wildman–Crippen LogP) is 1.89. The van der Waals surface area contributed by atoms with Crippen LogP contribution in [-0.2, 0) is 0 Å². The third-order valence-corrected chi connectivity index (χ3v) is 0. The van der Waals surface area contributed by atoms with Crippen molar-refractivity contribution in [3.05, 3.63) is 0 Å². The third kappa shape index (κ3) is 397. The molecule has 0 aromatic heterocycles. The van der Waals surface area contributed by atoms with Gasteiger partial charge in [-0.15, -0.1) is 4.28 Å². The molecule has 0 fully saturated rings. The topological polar surface area (TPSA) is 0 Å². The Balaban J connectivity index is 0. The maximum Gasteiger partial charge on any atom is 0.128 e. The molecule has 3 radical (unpaired) electrons. The first-order chi connectivity index (χ1) is 3.41. The van der Waals surface area contributed by atoms with E-state index in [0.29, 0.717) is 4.28 Å². The highest BCUT2D eigenvalue weighted by atomic mass is 28.2. The highest BCUT2D eigenvalue weighted by Crippen LogP contribution is 2.13. The average Bonchev–Trinajstić information content (AvgIpc) is 1.27. The Kier molecular flexibility index (Phi) is 8.48. The summed E-state index contributed by atoms with van der Waals surface area (Å²) in [6.45, 7) is 10.9. The zero-order chi connectivity index (χ0) is 7.21. The Morgan fingerprint density at radius 2 is 1.12 bits per heavy atom. The summed E-state index contributed by atoms with van der Waals surface area (Å²) in [7, 11) is 0.750. The summed E-state index contributed by atoms with van der Waals surface area (Å²) in [5.41, 5.74) is 0. The van der Waals surface area contributed by atoms with Crippen LogP contribution in [-0.4, -0.2) is 25.8 Å². The molecular weight excluding hydrogens is 127 g/mol. The smallest absolute Gasteiger partial charge is 0.105 e. The van der Waals surface area contributed by atoms with Crippen molar-refractivity contribution in [1.29, 1.82) is 0 Å². The second kappa shape index (κ2) is 5.88. The lowest BCUT2D eigenvalue weighted by Crippen LogP contribution is -1.90. The fraction of sp³-hybridized carbons (Fsp3) is 1.00. The molecule has 0 nitrogen and oxygen atoms in total. The molecule has 0 aromatic rings. The van der Waals surface area contributed by atoms with Gasteiger partial charge in [0.25, 0.3) is 0 Å². The molecule has 0 aromatic carbocycles. The first-order valence-electron chi connectivity index (χ1n) is 2.94. The van der Waals surface area contributed by atoms with Crippen LogP contribution in [0.2, 0.25) is 17.4 Å². The van der Waals surface area contributed by atoms with Gasteiger partial charge in [0.05, 0.1) is 0 Å². The van der Waals surface area contributed by atoms with Crippen molar-refractivity contribution in [2.24, 2.45) is 0 Å². The van der Waals surface area contributed by atoms with E-state index >= 15 is 0 Å². The van der Waals surface area contributed by atoms with Gasteiger partial charge in [-0.1, -0.05) is 33.9 Å². The van der Waals surface area contributed by atoms with Crippen molar-refractivity contribution in [2.45, 2.75) is 38.1 Å². The van der Waals surface area contributed by atoms with Crippen molar-refractivity contribution in [1.82, 2.24) is 0 Å². The fourth-order valence-electron chi connectivity index (χ4n) is 0. The van der Waals surface area contributed by atoms with Crippen LogP contribution in [0.25, 0.3) is 0 Å². The van der Waals surface area contributed by atoms with Gasteiger partial charge in [0.2, 0.25) is 0 Å². The van der Waals surface area contributed by atoms with Gasteiger partial charge in [-0.05, 0) is 0 Å². The standard InChI is InChI=1S/C4H9.C2H7Si.Al/c1-4(2)3;1-3-2;/h1-3H3;3H,1-2H3;. The molecule has 2 heteroatoms. The minimum atomic E-state index is 0.417. The van der Waals surface area contributed by atoms with Crippen LogP contribution in [0.4, 0.5) is 0 Å². The summed E-state index contributed by atoms with van der Waals surface area (Å²) >= 11 is 2.72. The van der Waals surface area contributed by atoms with Crippen molar-refractivity contribution in [3.63, 3.8) is 0 Å². The summed E-state index contributed by atoms with van der Waals surface area (Å²) in [6, 6.07) is 0. The lowest BCUT2D eigenvalue weighted by atomic mass is 10.2. The van der Waals surface area contributed by atoms with E-state index in [0.717, 1.165) is 9.52 Å². The summed E-state index contributed by atoms with van der Waals surface area (Å²) < 4.78 is 0.417.